The first-order chi connectivity index (χ1) is 21.0. The van der Waals surface area contributed by atoms with Gasteiger partial charge in [-0.2, -0.15) is 0 Å². The number of aliphatic hydroxyl groups is 1. The highest BCUT2D eigenvalue weighted by atomic mass is 16.6. The van der Waals surface area contributed by atoms with Gasteiger partial charge in [0.1, 0.15) is 17.2 Å². The molecule has 1 aromatic rings. The SMILES string of the molecule is CO[C@]12CC[C@@]3(C[C@@H]1[C@@](C)(O)C(C)(C)C)[C@H]1Cc4ccc(OC(=O)N[C@@H](C(=O)O)C(C)C)c5c4[C@@]3(CCN1CC1CC1)[C@]2(C)O5. The lowest BCUT2D eigenvalue weighted by Crippen LogP contribution is -2.87. The minimum Gasteiger partial charge on any atom is -0.480 e. The quantitative estimate of drug-likeness (QED) is 0.357. The number of hydrogen-bond acceptors (Lipinski definition) is 7. The number of carboxylic acids is 1. The second-order valence-corrected chi connectivity index (χ2v) is 16.9. The van der Waals surface area contributed by atoms with E-state index in [1.165, 1.54) is 18.4 Å². The van der Waals surface area contributed by atoms with Crippen LogP contribution in [0, 0.1) is 28.6 Å². The number of nitrogens with zero attached hydrogens (tertiary/aromatic N) is 1. The van der Waals surface area contributed by atoms with Crippen LogP contribution >= 0.6 is 0 Å². The van der Waals surface area contributed by atoms with E-state index in [0.29, 0.717) is 17.5 Å². The Morgan fingerprint density at radius 3 is 2.47 bits per heavy atom. The summed E-state index contributed by atoms with van der Waals surface area (Å²) in [5.74, 6) is 0.0608. The van der Waals surface area contributed by atoms with Gasteiger partial charge in [-0.15, -0.1) is 0 Å². The summed E-state index contributed by atoms with van der Waals surface area (Å²) >= 11 is 0. The third kappa shape index (κ3) is 3.78. The van der Waals surface area contributed by atoms with Gasteiger partial charge in [-0.1, -0.05) is 40.7 Å². The first kappa shape index (κ1) is 31.3. The van der Waals surface area contributed by atoms with Crippen LogP contribution in [0.1, 0.15) is 98.1 Å². The molecule has 9 heteroatoms. The van der Waals surface area contributed by atoms with Gasteiger partial charge >= 0.3 is 12.1 Å². The standard InChI is InChI=1S/C36H52N2O7/c1-20(2)27(29(39)40)37-30(41)44-23-12-11-22-17-25-34-13-14-36(43-8,24(18-34)32(6,42)31(3,4)5)33(7)35(34,26(22)28(23)45-33)15-16-38(25)19-21-9-10-21/h11-12,20-21,24-25,27,42H,9-10,13-19H2,1-8H3,(H,37,41)(H,39,40)/t24-,25-,27-,32-,33+,34-,35+,36-/m1/s1. The van der Waals surface area contributed by atoms with Crippen LogP contribution in [0.5, 0.6) is 11.5 Å². The average molecular weight is 625 g/mol. The molecule has 0 radical (unpaired) electrons. The lowest BCUT2D eigenvalue weighted by Gasteiger charge is -2.78. The molecule has 248 valence electrons. The van der Waals surface area contributed by atoms with Gasteiger partial charge in [0.15, 0.2) is 11.5 Å². The third-order valence-electron chi connectivity index (χ3n) is 13.9. The fourth-order valence-corrected chi connectivity index (χ4v) is 11.1. The molecule has 2 spiro atoms. The Bertz CT molecular complexity index is 1430. The molecule has 0 unspecified atom stereocenters. The summed E-state index contributed by atoms with van der Waals surface area (Å²) < 4.78 is 20.0. The van der Waals surface area contributed by atoms with Crippen molar-refractivity contribution in [3.63, 3.8) is 0 Å². The highest BCUT2D eigenvalue weighted by molar-refractivity contribution is 5.81. The van der Waals surface area contributed by atoms with Gasteiger partial charge in [0.25, 0.3) is 0 Å². The van der Waals surface area contributed by atoms with Crippen molar-refractivity contribution in [2.24, 2.45) is 28.6 Å². The molecular weight excluding hydrogens is 572 g/mol. The van der Waals surface area contributed by atoms with Crippen molar-refractivity contribution >= 4 is 12.1 Å². The van der Waals surface area contributed by atoms with Crippen LogP contribution in [0.3, 0.4) is 0 Å². The van der Waals surface area contributed by atoms with Gasteiger partial charge in [-0.25, -0.2) is 9.59 Å². The molecule has 5 aliphatic carbocycles. The van der Waals surface area contributed by atoms with Crippen LogP contribution < -0.4 is 14.8 Å². The van der Waals surface area contributed by atoms with Gasteiger partial charge in [0, 0.05) is 36.6 Å². The minimum atomic E-state index is -1.10. The van der Waals surface area contributed by atoms with Gasteiger partial charge in [0.05, 0.1) is 11.0 Å². The Morgan fingerprint density at radius 2 is 1.87 bits per heavy atom. The van der Waals surface area contributed by atoms with E-state index in [4.69, 9.17) is 14.2 Å². The van der Waals surface area contributed by atoms with Crippen LogP contribution in [0.15, 0.2) is 12.1 Å². The van der Waals surface area contributed by atoms with Gasteiger partial charge in [-0.05, 0) is 94.2 Å². The molecule has 3 N–H and O–H groups in total. The maximum atomic E-state index is 13.2. The summed E-state index contributed by atoms with van der Waals surface area (Å²) in [5, 5.41) is 24.7. The number of rotatable bonds is 8. The number of carbonyl (C=O) groups is 2. The second kappa shape index (κ2) is 9.60. The van der Waals surface area contributed by atoms with Crippen LogP contribution in [0.4, 0.5) is 4.79 Å². The predicted octanol–water partition coefficient (Wildman–Crippen LogP) is 5.30. The van der Waals surface area contributed by atoms with Crippen molar-refractivity contribution in [1.82, 2.24) is 10.2 Å². The first-order valence-electron chi connectivity index (χ1n) is 17.1. The number of benzene rings is 1. The Labute approximate surface area is 267 Å². The molecule has 8 atom stereocenters. The molecule has 8 rings (SSSR count). The molecule has 9 nitrogen and oxygen atoms in total. The molecule has 2 heterocycles. The molecule has 45 heavy (non-hydrogen) atoms. The number of likely N-dealkylation sites (tertiary alicyclic amines) is 1. The van der Waals surface area contributed by atoms with E-state index in [2.05, 4.69) is 44.0 Å². The molecule has 1 aromatic carbocycles. The summed E-state index contributed by atoms with van der Waals surface area (Å²) in [6.45, 7) is 16.1. The summed E-state index contributed by atoms with van der Waals surface area (Å²) in [4.78, 5) is 27.8. The molecule has 4 saturated carbocycles. The summed E-state index contributed by atoms with van der Waals surface area (Å²) in [6, 6.07) is 3.16. The number of carboxylic acid groups (broad SMARTS) is 1. The Hall–Kier alpha value is -2.36. The predicted molar refractivity (Wildman–Crippen MR) is 169 cm³/mol. The zero-order chi connectivity index (χ0) is 32.5. The molecule has 4 bridgehead atoms. The Balaban J connectivity index is 1.39. The maximum absolute atomic E-state index is 13.2. The van der Waals surface area contributed by atoms with E-state index in [-0.39, 0.29) is 22.7 Å². The number of aliphatic carboxylic acids is 1. The van der Waals surface area contributed by atoms with Crippen molar-refractivity contribution in [2.45, 2.75) is 128 Å². The van der Waals surface area contributed by atoms with Gasteiger partial charge in [-0.3, -0.25) is 4.90 Å². The first-order valence-corrected chi connectivity index (χ1v) is 17.1. The zero-order valence-corrected chi connectivity index (χ0v) is 28.3. The molecule has 2 aliphatic heterocycles. The molecule has 7 aliphatic rings. The number of methoxy groups -OCH3 is 1. The Morgan fingerprint density at radius 1 is 1.16 bits per heavy atom. The molecule has 1 amide bonds. The van der Waals surface area contributed by atoms with E-state index in [1.807, 2.05) is 13.0 Å². The van der Waals surface area contributed by atoms with Crippen LogP contribution in [-0.2, 0) is 21.4 Å². The smallest absolute Gasteiger partial charge is 0.413 e. The molecule has 5 fully saturated rings. The number of ether oxygens (including phenoxy) is 3. The largest absolute Gasteiger partial charge is 0.480 e. The normalized spacial score (nSPS) is 38.3. The summed E-state index contributed by atoms with van der Waals surface area (Å²) in [5.41, 5.74) is -1.22. The van der Waals surface area contributed by atoms with Gasteiger partial charge < -0.3 is 29.7 Å². The summed E-state index contributed by atoms with van der Waals surface area (Å²) in [7, 11) is 1.78. The van der Waals surface area contributed by atoms with E-state index in [0.717, 1.165) is 56.7 Å². The Kier molecular flexibility index (Phi) is 6.67. The maximum Gasteiger partial charge on any atom is 0.413 e. The second-order valence-electron chi connectivity index (χ2n) is 16.9. The minimum absolute atomic E-state index is 0.153. The highest BCUT2D eigenvalue weighted by Crippen LogP contribution is 2.81. The van der Waals surface area contributed by atoms with E-state index >= 15 is 0 Å². The van der Waals surface area contributed by atoms with Crippen molar-refractivity contribution < 1.29 is 34.0 Å². The van der Waals surface area contributed by atoms with Crippen LogP contribution in [0.25, 0.3) is 0 Å². The fourth-order valence-electron chi connectivity index (χ4n) is 11.1. The summed E-state index contributed by atoms with van der Waals surface area (Å²) in [6.07, 6.45) is 6.21. The van der Waals surface area contributed by atoms with Crippen LogP contribution in [0.2, 0.25) is 0 Å². The number of nitrogens with one attached hydrogen (secondary N) is 1. The number of hydrogen-bond donors (Lipinski definition) is 3. The molecular formula is C36H52N2O7. The number of fused-ring (bicyclic) bond motifs is 2. The number of carbonyl (C=O) groups excluding carboxylic acids is 1. The fraction of sp³-hybridized carbons (Fsp3) is 0.778. The van der Waals surface area contributed by atoms with Crippen molar-refractivity contribution in [1.29, 1.82) is 0 Å². The van der Waals surface area contributed by atoms with E-state index in [9.17, 15) is 19.8 Å². The lowest BCUT2D eigenvalue weighted by atomic mass is 9.30. The monoisotopic (exact) mass is 624 g/mol. The van der Waals surface area contributed by atoms with Crippen molar-refractivity contribution in [3.8, 4) is 11.5 Å². The topological polar surface area (TPSA) is 118 Å². The van der Waals surface area contributed by atoms with Gasteiger partial charge in [0.2, 0.25) is 0 Å². The van der Waals surface area contributed by atoms with Crippen molar-refractivity contribution in [3.05, 3.63) is 23.3 Å². The van der Waals surface area contributed by atoms with E-state index < -0.39 is 40.3 Å². The molecule has 1 saturated heterocycles. The zero-order valence-electron chi connectivity index (χ0n) is 28.3. The molecule has 0 aromatic heterocycles. The lowest BCUT2D eigenvalue weighted by molar-refractivity contribution is -0.345. The number of amides is 1. The number of piperidine rings is 1. The third-order valence-corrected chi connectivity index (χ3v) is 13.9. The highest BCUT2D eigenvalue weighted by Gasteiger charge is 2.87. The van der Waals surface area contributed by atoms with Crippen LogP contribution in [-0.4, -0.2) is 76.3 Å². The average Bonchev–Trinajstić information content (AvgIpc) is 3.72. The van der Waals surface area contributed by atoms with Crippen molar-refractivity contribution in [2.75, 3.05) is 20.2 Å². The van der Waals surface area contributed by atoms with E-state index in [1.54, 1.807) is 21.0 Å².